The Morgan fingerprint density at radius 3 is 2.40 bits per heavy atom. The molecule has 0 spiro atoms. The monoisotopic (exact) mass is 75.1 g/mol. The highest BCUT2D eigenvalue weighted by molar-refractivity contribution is 4.38. The molecule has 0 bridgehead atoms. The molecule has 0 rings (SSSR count). The summed E-state index contributed by atoms with van der Waals surface area (Å²) >= 11 is 0. The third-order valence-corrected chi connectivity index (χ3v) is 0.183. The summed E-state index contributed by atoms with van der Waals surface area (Å²) < 4.78 is 4.21. The van der Waals surface area contributed by atoms with Gasteiger partial charge in [-0.2, -0.15) is 0 Å². The lowest BCUT2D eigenvalue weighted by molar-refractivity contribution is 1.02. The van der Waals surface area contributed by atoms with Gasteiger partial charge in [0.1, 0.15) is 7.05 Å². The normalized spacial score (nSPS) is 9.20. The molecule has 0 atom stereocenters. The molecular weight excluding hydrogens is 68.0 g/mol. The molecule has 0 saturated heterocycles. The highest BCUT2D eigenvalue weighted by atomic mass is 16.6. The summed E-state index contributed by atoms with van der Waals surface area (Å²) in [5.41, 5.74) is 2.35. The number of nitrogens with zero attached hydrogens (tertiary/aromatic N) is 1. The van der Waals surface area contributed by atoms with E-state index in [9.17, 15) is 0 Å². The lowest BCUT2D eigenvalue weighted by Gasteiger charge is -1.53. The van der Waals surface area contributed by atoms with Gasteiger partial charge in [0.15, 0.2) is 5.18 Å². The molecule has 3 nitrogen and oxygen atoms in total. The van der Waals surface area contributed by atoms with E-state index >= 15 is 0 Å². The van der Waals surface area contributed by atoms with Crippen LogP contribution in [0.2, 0.25) is 0 Å². The van der Waals surface area contributed by atoms with Crippen molar-refractivity contribution in [3.8, 4) is 0 Å². The molecule has 0 aliphatic carbocycles. The lowest BCUT2D eigenvalue weighted by Crippen LogP contribution is -1.91. The first-order valence-corrected chi connectivity index (χ1v) is 1.33. The highest BCUT2D eigenvalue weighted by Gasteiger charge is 1.64. The predicted octanol–water partition coefficient (Wildman–Crippen LogP) is 0.0527. The Bertz CT molecular complexity index is 34.6. The van der Waals surface area contributed by atoms with Crippen LogP contribution in [-0.4, -0.2) is 14.1 Å². The van der Waals surface area contributed by atoms with Gasteiger partial charge in [-0.3, -0.25) is 0 Å². The van der Waals surface area contributed by atoms with E-state index in [-0.39, 0.29) is 0 Å². The van der Waals surface area contributed by atoms with Crippen LogP contribution in [0.5, 0.6) is 0 Å². The van der Waals surface area contributed by atoms with Gasteiger partial charge in [-0.25, -0.2) is 0 Å². The zero-order valence-electron chi connectivity index (χ0n) is 3.36. The number of nitroso groups, excluding NO2 is 1. The van der Waals surface area contributed by atoms with Crippen molar-refractivity contribution in [2.24, 2.45) is 5.18 Å². The molecule has 0 fully saturated rings. The van der Waals surface area contributed by atoms with Crippen LogP contribution in [0.25, 0.3) is 0 Å². The largest absolute Gasteiger partial charge is 0.160 e. The summed E-state index contributed by atoms with van der Waals surface area (Å²) in [5.74, 6) is 0. The topological polar surface area (TPSA) is 35.7 Å². The number of nitrogens with one attached hydrogen (secondary N) is 1. The number of rotatable bonds is 1. The van der Waals surface area contributed by atoms with Crippen molar-refractivity contribution in [1.82, 2.24) is 5.48 Å². The van der Waals surface area contributed by atoms with E-state index in [2.05, 4.69) is 15.3 Å². The molecule has 0 aliphatic heterocycles. The van der Waals surface area contributed by atoms with Crippen molar-refractivity contribution in [3.05, 3.63) is 4.64 Å². The fourth-order valence-electron chi connectivity index (χ4n) is 0.0913. The second kappa shape index (κ2) is 3.40. The molecule has 0 amide bonds. The average molecular weight is 75.1 g/mol. The van der Waals surface area contributed by atoms with Crippen molar-refractivity contribution in [1.29, 1.82) is 0 Å². The zero-order valence-corrected chi connectivity index (χ0v) is 3.36. The molecule has 3 heteroatoms. The molecule has 1 N–H and O–H groups in total. The van der Waals surface area contributed by atoms with Gasteiger partial charge in [0, 0.05) is 4.64 Å². The highest BCUT2D eigenvalue weighted by Crippen LogP contribution is 1.45. The predicted molar refractivity (Wildman–Crippen MR) is 20.8 cm³/mol. The van der Waals surface area contributed by atoms with Gasteiger partial charge < -0.3 is 0 Å². The molecule has 0 aromatic heterocycles. The minimum atomic E-state index is 1.55. The van der Waals surface area contributed by atoms with E-state index in [0.29, 0.717) is 0 Å². The molecule has 0 unspecified atom stereocenters. The van der Waals surface area contributed by atoms with E-state index in [1.807, 2.05) is 0 Å². The molecule has 0 radical (unpaired) electrons. The first kappa shape index (κ1) is 4.40. The Morgan fingerprint density at radius 2 is 2.40 bits per heavy atom. The van der Waals surface area contributed by atoms with Gasteiger partial charge in [0.05, 0.1) is 7.05 Å². The maximum Gasteiger partial charge on any atom is 0.160 e. The summed E-state index contributed by atoms with van der Waals surface area (Å²) in [7, 11) is 3.20. The molecule has 0 aromatic carbocycles. The fraction of sp³-hybridized carbons (Fsp3) is 1.00. The SMILES string of the molecule is CN=[O+]NC. The Labute approximate surface area is 30.6 Å². The van der Waals surface area contributed by atoms with E-state index in [1.165, 1.54) is 0 Å². The Hall–Kier alpha value is -0.600. The Kier molecular flexibility index (Phi) is 2.99. The fourth-order valence-corrected chi connectivity index (χ4v) is 0.0913. The Morgan fingerprint density at radius 1 is 1.80 bits per heavy atom. The Balaban J connectivity index is 2.62. The van der Waals surface area contributed by atoms with E-state index in [4.69, 9.17) is 0 Å². The van der Waals surface area contributed by atoms with Gasteiger partial charge >= 0.3 is 0 Å². The average Bonchev–Trinajstić information content (AvgIpc) is 1.41. The summed E-state index contributed by atoms with van der Waals surface area (Å²) in [6, 6.07) is 0. The molecule has 0 saturated carbocycles. The number of hydroxylamine groups is 1. The van der Waals surface area contributed by atoms with Crippen molar-refractivity contribution in [3.63, 3.8) is 0 Å². The maximum atomic E-state index is 4.21. The van der Waals surface area contributed by atoms with Crippen LogP contribution < -0.4 is 5.48 Å². The second-order valence-corrected chi connectivity index (χ2v) is 0.478. The van der Waals surface area contributed by atoms with Crippen LogP contribution in [-0.2, 0) is 0 Å². The van der Waals surface area contributed by atoms with Gasteiger partial charge in [0.2, 0.25) is 0 Å². The van der Waals surface area contributed by atoms with Gasteiger partial charge in [-0.15, -0.1) is 0 Å². The zero-order chi connectivity index (χ0) is 4.12. The summed E-state index contributed by atoms with van der Waals surface area (Å²) in [6.07, 6.45) is 0. The molecule has 5 heavy (non-hydrogen) atoms. The molecule has 30 valence electrons. The standard InChI is InChI=1S/C2H7N2O/c1-3-5-4-2/h3H,1-2H3/q+1. The van der Waals surface area contributed by atoms with E-state index < -0.39 is 0 Å². The van der Waals surface area contributed by atoms with Crippen molar-refractivity contribution in [2.75, 3.05) is 14.1 Å². The molecule has 0 aliphatic rings. The second-order valence-electron chi connectivity index (χ2n) is 0.478. The van der Waals surface area contributed by atoms with E-state index in [1.54, 1.807) is 14.1 Å². The summed E-state index contributed by atoms with van der Waals surface area (Å²) in [6.45, 7) is 0. The van der Waals surface area contributed by atoms with Crippen LogP contribution in [0.3, 0.4) is 0 Å². The van der Waals surface area contributed by atoms with Crippen LogP contribution in [0.15, 0.2) is 5.18 Å². The summed E-state index contributed by atoms with van der Waals surface area (Å²) in [4.78, 5) is 0. The van der Waals surface area contributed by atoms with Crippen molar-refractivity contribution < 1.29 is 0 Å². The lowest BCUT2D eigenvalue weighted by atomic mass is 11.5. The minimum Gasteiger partial charge on any atom is -0.0286 e. The molecular formula is C2H7N2O+. The molecule has 0 aromatic rings. The third kappa shape index (κ3) is 3.40. The molecule has 0 heterocycles. The third-order valence-electron chi connectivity index (χ3n) is 0.183. The first-order chi connectivity index (χ1) is 2.41. The quantitative estimate of drug-likeness (QED) is 0.347. The summed E-state index contributed by atoms with van der Waals surface area (Å²) in [5, 5.41) is 3.24. The van der Waals surface area contributed by atoms with Crippen molar-refractivity contribution in [2.45, 2.75) is 0 Å². The minimum absolute atomic E-state index is 1.55. The number of hydrogen-bond donors (Lipinski definition) is 1. The van der Waals surface area contributed by atoms with Crippen LogP contribution in [0.1, 0.15) is 0 Å². The van der Waals surface area contributed by atoms with Crippen LogP contribution >= 0.6 is 0 Å². The van der Waals surface area contributed by atoms with Gasteiger partial charge in [-0.1, -0.05) is 0 Å². The van der Waals surface area contributed by atoms with Gasteiger partial charge in [-0.05, 0) is 5.48 Å². The van der Waals surface area contributed by atoms with E-state index in [0.717, 1.165) is 0 Å². The smallest absolute Gasteiger partial charge is 0.0286 e. The number of hydrogen-bond acceptors (Lipinski definition) is 1. The maximum absolute atomic E-state index is 4.21. The van der Waals surface area contributed by atoms with Gasteiger partial charge in [0.25, 0.3) is 0 Å². The van der Waals surface area contributed by atoms with Crippen LogP contribution in [0.4, 0.5) is 0 Å². The van der Waals surface area contributed by atoms with Crippen LogP contribution in [0, 0.1) is 4.64 Å². The first-order valence-electron chi connectivity index (χ1n) is 1.33. The van der Waals surface area contributed by atoms with Crippen molar-refractivity contribution >= 4 is 0 Å².